The number of aromatic nitrogens is 3. The highest BCUT2D eigenvalue weighted by atomic mass is 35.5. The second kappa shape index (κ2) is 10.7. The average Bonchev–Trinajstić information content (AvgIpc) is 3.15. The van der Waals surface area contributed by atoms with Crippen molar-refractivity contribution in [2.75, 3.05) is 11.1 Å². The predicted octanol–water partition coefficient (Wildman–Crippen LogP) is 5.74. The molecule has 3 rings (SSSR count). The largest absolute Gasteiger partial charge is 0.483 e. The van der Waals surface area contributed by atoms with Crippen molar-refractivity contribution in [3.05, 3.63) is 76.8 Å². The number of amides is 1. The first-order valence-corrected chi connectivity index (χ1v) is 11.3. The van der Waals surface area contributed by atoms with Crippen LogP contribution in [0.1, 0.15) is 30.0 Å². The Balaban J connectivity index is 1.69. The molecule has 1 amide bonds. The molecule has 0 aliphatic rings. The van der Waals surface area contributed by atoms with Gasteiger partial charge in [-0.15, -0.1) is 16.8 Å². The molecule has 9 heteroatoms. The van der Waals surface area contributed by atoms with Crippen molar-refractivity contribution in [2.24, 2.45) is 0 Å². The van der Waals surface area contributed by atoms with Crippen LogP contribution in [-0.4, -0.2) is 26.4 Å². The van der Waals surface area contributed by atoms with Gasteiger partial charge in [-0.25, -0.2) is 4.39 Å². The normalized spacial score (nSPS) is 11.8. The summed E-state index contributed by atoms with van der Waals surface area (Å²) >= 11 is 7.50. The number of ether oxygens (including phenoxy) is 1. The molecule has 6 nitrogen and oxygen atoms in total. The lowest BCUT2D eigenvalue weighted by Crippen LogP contribution is -2.15. The first-order chi connectivity index (χ1) is 15.3. The third-order valence-corrected chi connectivity index (χ3v) is 6.17. The summed E-state index contributed by atoms with van der Waals surface area (Å²) in [7, 11) is 0. The Hall–Kier alpha value is -2.84. The molecule has 0 bridgehead atoms. The summed E-state index contributed by atoms with van der Waals surface area (Å²) in [5, 5.41) is 12.5. The first-order valence-electron chi connectivity index (χ1n) is 9.94. The fraction of sp³-hybridized carbons (Fsp3) is 0.261. The molecule has 0 radical (unpaired) electrons. The highest BCUT2D eigenvalue weighted by Crippen LogP contribution is 2.29. The molecule has 1 atom stereocenters. The number of thioether (sulfide) groups is 1. The van der Waals surface area contributed by atoms with Gasteiger partial charge in [0.1, 0.15) is 11.6 Å². The van der Waals surface area contributed by atoms with E-state index in [0.29, 0.717) is 29.0 Å². The summed E-state index contributed by atoms with van der Waals surface area (Å²) in [6.45, 7) is 10.0. The van der Waals surface area contributed by atoms with Gasteiger partial charge in [0.05, 0.1) is 5.75 Å². The SMILES string of the molecule is C=CCn1c(SCC(=O)Nc2ccc(F)cc2)nnc1C(C)Oc1cc(C)c(Cl)c(C)c1. The number of nitrogens with one attached hydrogen (secondary N) is 1. The van der Waals surface area contributed by atoms with Crippen LogP contribution in [0.15, 0.2) is 54.2 Å². The maximum atomic E-state index is 13.0. The van der Waals surface area contributed by atoms with Gasteiger partial charge in [0, 0.05) is 17.3 Å². The van der Waals surface area contributed by atoms with E-state index in [1.54, 1.807) is 6.08 Å². The topological polar surface area (TPSA) is 69.0 Å². The van der Waals surface area contributed by atoms with Crippen LogP contribution in [0.2, 0.25) is 5.02 Å². The highest BCUT2D eigenvalue weighted by molar-refractivity contribution is 7.99. The summed E-state index contributed by atoms with van der Waals surface area (Å²) in [4.78, 5) is 12.3. The highest BCUT2D eigenvalue weighted by Gasteiger charge is 2.20. The number of hydrogen-bond donors (Lipinski definition) is 1. The van der Waals surface area contributed by atoms with Gasteiger partial charge in [0.25, 0.3) is 0 Å². The molecule has 1 heterocycles. The fourth-order valence-electron chi connectivity index (χ4n) is 3.10. The predicted molar refractivity (Wildman–Crippen MR) is 126 cm³/mol. The minimum absolute atomic E-state index is 0.122. The molecule has 0 saturated heterocycles. The molecule has 1 aromatic heterocycles. The molecule has 32 heavy (non-hydrogen) atoms. The Morgan fingerprint density at radius 2 is 1.94 bits per heavy atom. The van der Waals surface area contributed by atoms with Crippen LogP contribution in [0.3, 0.4) is 0 Å². The van der Waals surface area contributed by atoms with E-state index < -0.39 is 0 Å². The van der Waals surface area contributed by atoms with E-state index in [1.165, 1.54) is 36.0 Å². The van der Waals surface area contributed by atoms with Crippen LogP contribution < -0.4 is 10.1 Å². The Bertz CT molecular complexity index is 1090. The standard InChI is InChI=1S/C23H24ClFN4O2S/c1-5-10-29-22(16(4)31-19-11-14(2)21(24)15(3)12-19)27-28-23(29)32-13-20(30)26-18-8-6-17(25)7-9-18/h5-9,11-12,16H,1,10,13H2,2-4H3,(H,26,30). The van der Waals surface area contributed by atoms with Gasteiger partial charge in [0.2, 0.25) is 5.91 Å². The van der Waals surface area contributed by atoms with Crippen LogP contribution in [0.4, 0.5) is 10.1 Å². The second-order valence-electron chi connectivity index (χ2n) is 7.21. The molecule has 2 aromatic carbocycles. The Kier molecular flexibility index (Phi) is 7.93. The minimum Gasteiger partial charge on any atom is -0.483 e. The number of benzene rings is 2. The number of anilines is 1. The third kappa shape index (κ3) is 5.89. The molecule has 168 valence electrons. The summed E-state index contributed by atoms with van der Waals surface area (Å²) < 4.78 is 21.0. The van der Waals surface area contributed by atoms with Crippen LogP contribution >= 0.6 is 23.4 Å². The maximum Gasteiger partial charge on any atom is 0.234 e. The zero-order valence-electron chi connectivity index (χ0n) is 18.1. The molecular formula is C23H24ClFN4O2S. The van der Waals surface area contributed by atoms with Crippen molar-refractivity contribution in [3.63, 3.8) is 0 Å². The van der Waals surface area contributed by atoms with Gasteiger partial charge in [-0.2, -0.15) is 0 Å². The monoisotopic (exact) mass is 474 g/mol. The van der Waals surface area contributed by atoms with E-state index in [2.05, 4.69) is 22.1 Å². The van der Waals surface area contributed by atoms with E-state index in [0.717, 1.165) is 16.1 Å². The Morgan fingerprint density at radius 3 is 2.56 bits per heavy atom. The van der Waals surface area contributed by atoms with Crippen molar-refractivity contribution in [2.45, 2.75) is 38.6 Å². The minimum atomic E-state index is -0.384. The van der Waals surface area contributed by atoms with Crippen LogP contribution in [-0.2, 0) is 11.3 Å². The zero-order valence-corrected chi connectivity index (χ0v) is 19.6. The number of hydrogen-bond acceptors (Lipinski definition) is 5. The van der Waals surface area contributed by atoms with Gasteiger partial charge in [0.15, 0.2) is 17.1 Å². The third-order valence-electron chi connectivity index (χ3n) is 4.60. The van der Waals surface area contributed by atoms with Crippen LogP contribution in [0, 0.1) is 19.7 Å². The molecule has 0 aliphatic heterocycles. The van der Waals surface area contributed by atoms with Gasteiger partial charge in [-0.3, -0.25) is 9.36 Å². The molecular weight excluding hydrogens is 451 g/mol. The first kappa shape index (κ1) is 23.8. The van der Waals surface area contributed by atoms with E-state index >= 15 is 0 Å². The molecule has 3 aromatic rings. The number of carbonyl (C=O) groups excluding carboxylic acids is 1. The van der Waals surface area contributed by atoms with Crippen molar-refractivity contribution >= 4 is 35.0 Å². The van der Waals surface area contributed by atoms with E-state index in [9.17, 15) is 9.18 Å². The number of aryl methyl sites for hydroxylation is 2. The van der Waals surface area contributed by atoms with Crippen LogP contribution in [0.5, 0.6) is 5.75 Å². The van der Waals surface area contributed by atoms with Crippen molar-refractivity contribution in [1.82, 2.24) is 14.8 Å². The molecule has 1 unspecified atom stereocenters. The zero-order chi connectivity index (χ0) is 23.3. The lowest BCUT2D eigenvalue weighted by molar-refractivity contribution is -0.113. The van der Waals surface area contributed by atoms with E-state index in [1.807, 2.05) is 37.5 Å². The number of rotatable bonds is 9. The molecule has 0 aliphatic carbocycles. The summed E-state index contributed by atoms with van der Waals surface area (Å²) in [6, 6.07) is 9.37. The van der Waals surface area contributed by atoms with Crippen LogP contribution in [0.25, 0.3) is 0 Å². The number of halogens is 2. The average molecular weight is 475 g/mol. The fourth-order valence-corrected chi connectivity index (χ4v) is 3.96. The summed E-state index contributed by atoms with van der Waals surface area (Å²) in [6.07, 6.45) is 1.35. The Morgan fingerprint density at radius 1 is 1.28 bits per heavy atom. The number of carbonyl (C=O) groups is 1. The summed E-state index contributed by atoms with van der Waals surface area (Å²) in [5.41, 5.74) is 2.40. The number of nitrogens with zero attached hydrogens (tertiary/aromatic N) is 3. The molecule has 0 fully saturated rings. The smallest absolute Gasteiger partial charge is 0.234 e. The summed E-state index contributed by atoms with van der Waals surface area (Å²) in [5.74, 6) is 0.849. The number of allylic oxidation sites excluding steroid dienone is 1. The van der Waals surface area contributed by atoms with E-state index in [-0.39, 0.29) is 23.6 Å². The van der Waals surface area contributed by atoms with Crippen molar-refractivity contribution < 1.29 is 13.9 Å². The maximum absolute atomic E-state index is 13.0. The van der Waals surface area contributed by atoms with E-state index in [4.69, 9.17) is 16.3 Å². The Labute approximate surface area is 195 Å². The molecule has 1 N–H and O–H groups in total. The lowest BCUT2D eigenvalue weighted by atomic mass is 10.1. The second-order valence-corrected chi connectivity index (χ2v) is 8.54. The van der Waals surface area contributed by atoms with Gasteiger partial charge < -0.3 is 10.1 Å². The lowest BCUT2D eigenvalue weighted by Gasteiger charge is -2.17. The van der Waals surface area contributed by atoms with Crippen molar-refractivity contribution in [3.8, 4) is 5.75 Å². The molecule has 0 spiro atoms. The van der Waals surface area contributed by atoms with Gasteiger partial charge >= 0.3 is 0 Å². The quantitative estimate of drug-likeness (QED) is 0.316. The molecule has 0 saturated carbocycles. The van der Waals surface area contributed by atoms with Gasteiger partial charge in [-0.1, -0.05) is 29.4 Å². The van der Waals surface area contributed by atoms with Gasteiger partial charge in [-0.05, 0) is 68.3 Å². The van der Waals surface area contributed by atoms with Crippen molar-refractivity contribution in [1.29, 1.82) is 0 Å².